The second kappa shape index (κ2) is 9.98. The Labute approximate surface area is 219 Å². The summed E-state index contributed by atoms with van der Waals surface area (Å²) in [7, 11) is 0. The lowest BCUT2D eigenvalue weighted by Gasteiger charge is -2.12. The van der Waals surface area contributed by atoms with E-state index in [4.69, 9.17) is 9.15 Å². The molecule has 0 aliphatic heterocycles. The summed E-state index contributed by atoms with van der Waals surface area (Å²) in [5.74, 6) is 0.741. The van der Waals surface area contributed by atoms with Crippen molar-refractivity contribution in [3.05, 3.63) is 97.2 Å². The van der Waals surface area contributed by atoms with Crippen LogP contribution in [0.4, 0.5) is 5.69 Å². The molecule has 0 saturated carbocycles. The number of nitro benzene ring substituents is 1. The number of fused-ring (bicyclic) bond motifs is 2. The van der Waals surface area contributed by atoms with Crippen LogP contribution in [0.15, 0.2) is 85.5 Å². The van der Waals surface area contributed by atoms with Crippen LogP contribution < -0.4 is 10.3 Å². The van der Waals surface area contributed by atoms with E-state index in [0.29, 0.717) is 34.2 Å². The summed E-state index contributed by atoms with van der Waals surface area (Å²) in [6, 6.07) is 18.9. The molecule has 0 fully saturated rings. The van der Waals surface area contributed by atoms with Crippen LogP contribution in [0, 0.1) is 10.1 Å². The van der Waals surface area contributed by atoms with Gasteiger partial charge in [0.05, 0.1) is 28.1 Å². The van der Waals surface area contributed by atoms with E-state index >= 15 is 0 Å². The minimum absolute atomic E-state index is 0.174. The number of hydrogen-bond acceptors (Lipinski definition) is 7. The molecule has 37 heavy (non-hydrogen) atoms. The summed E-state index contributed by atoms with van der Waals surface area (Å²) in [4.78, 5) is 29.2. The Hall–Kier alpha value is -4.31. The molecule has 2 heterocycles. The highest BCUT2D eigenvalue weighted by atomic mass is 79.9. The topological polar surface area (TPSA) is 113 Å². The van der Waals surface area contributed by atoms with Gasteiger partial charge in [-0.1, -0.05) is 35.0 Å². The lowest BCUT2D eigenvalue weighted by Crippen LogP contribution is -2.20. The molecular weight excluding hydrogens is 540 g/mol. The second-order valence-electron chi connectivity index (χ2n) is 8.43. The molecule has 0 spiro atoms. The number of nitrogens with zero attached hydrogens (tertiary/aromatic N) is 4. The molecule has 186 valence electrons. The van der Waals surface area contributed by atoms with Crippen LogP contribution in [0.3, 0.4) is 0 Å². The molecule has 0 N–H and O–H groups in total. The highest BCUT2D eigenvalue weighted by Gasteiger charge is 2.19. The fourth-order valence-electron chi connectivity index (χ4n) is 3.80. The van der Waals surface area contributed by atoms with E-state index in [9.17, 15) is 14.9 Å². The smallest absolute Gasteiger partial charge is 0.311 e. The number of halogens is 1. The highest BCUT2D eigenvalue weighted by molar-refractivity contribution is 9.10. The van der Waals surface area contributed by atoms with Gasteiger partial charge in [0.15, 0.2) is 11.5 Å². The first kappa shape index (κ1) is 24.4. The van der Waals surface area contributed by atoms with Crippen LogP contribution >= 0.6 is 15.9 Å². The largest absolute Gasteiger partial charge is 0.484 e. The van der Waals surface area contributed by atoms with E-state index in [0.717, 1.165) is 14.5 Å². The molecule has 5 aromatic rings. The average molecular weight is 561 g/mol. The maximum absolute atomic E-state index is 13.4. The van der Waals surface area contributed by atoms with Gasteiger partial charge in [0.2, 0.25) is 5.82 Å². The predicted molar refractivity (Wildman–Crippen MR) is 145 cm³/mol. The van der Waals surface area contributed by atoms with Crippen molar-refractivity contribution in [2.24, 2.45) is 5.10 Å². The molecular formula is C27H21BrN4O5. The Morgan fingerprint density at radius 3 is 2.78 bits per heavy atom. The summed E-state index contributed by atoms with van der Waals surface area (Å²) < 4.78 is 13.7. The first-order chi connectivity index (χ1) is 17.8. The van der Waals surface area contributed by atoms with Gasteiger partial charge in [-0.05, 0) is 61.9 Å². The van der Waals surface area contributed by atoms with Gasteiger partial charge < -0.3 is 9.15 Å². The second-order valence-corrected chi connectivity index (χ2v) is 9.34. The summed E-state index contributed by atoms with van der Waals surface area (Å²) >= 11 is 3.45. The average Bonchev–Trinajstić information content (AvgIpc) is 3.31. The van der Waals surface area contributed by atoms with Gasteiger partial charge in [-0.3, -0.25) is 14.9 Å². The number of para-hydroxylation sites is 1. The van der Waals surface area contributed by atoms with Gasteiger partial charge in [0.1, 0.15) is 5.58 Å². The lowest BCUT2D eigenvalue weighted by atomic mass is 10.2. The standard InChI is InChI=1S/C27H21BrN4O5/c1-3-16(2)36-24-10-8-17(12-22(24)32(34)35)15-29-31-26(30-21-7-5-4-6-20(21)27(31)33)25-14-18-13-19(28)9-11-23(18)37-25/h4-16H,3H2,1-2H3/t16-/m1/s1. The Kier molecular flexibility index (Phi) is 6.58. The molecule has 0 aliphatic rings. The maximum Gasteiger partial charge on any atom is 0.311 e. The Morgan fingerprint density at radius 2 is 2.00 bits per heavy atom. The van der Waals surface area contributed by atoms with Crippen molar-refractivity contribution in [3.63, 3.8) is 0 Å². The van der Waals surface area contributed by atoms with Crippen molar-refractivity contribution >= 4 is 49.7 Å². The molecule has 5 rings (SSSR count). The molecule has 0 saturated heterocycles. The summed E-state index contributed by atoms with van der Waals surface area (Å²) in [6.07, 6.45) is 1.91. The molecule has 2 aromatic heterocycles. The molecule has 0 radical (unpaired) electrons. The van der Waals surface area contributed by atoms with Crippen LogP contribution in [0.25, 0.3) is 33.5 Å². The number of hydrogen-bond donors (Lipinski definition) is 0. The van der Waals surface area contributed by atoms with Crippen LogP contribution in [-0.4, -0.2) is 26.9 Å². The third kappa shape index (κ3) is 4.88. The van der Waals surface area contributed by atoms with Gasteiger partial charge >= 0.3 is 5.69 Å². The summed E-state index contributed by atoms with van der Waals surface area (Å²) in [5, 5.41) is 17.3. The number of ether oxygens (including phenoxy) is 1. The fraction of sp³-hybridized carbons (Fsp3) is 0.148. The van der Waals surface area contributed by atoms with Crippen LogP contribution in [-0.2, 0) is 0 Å². The van der Waals surface area contributed by atoms with E-state index in [2.05, 4.69) is 26.0 Å². The van der Waals surface area contributed by atoms with Crippen LogP contribution in [0.2, 0.25) is 0 Å². The van der Waals surface area contributed by atoms with Crippen molar-refractivity contribution in [1.82, 2.24) is 9.66 Å². The molecule has 0 amide bonds. The Balaban J connectivity index is 1.63. The van der Waals surface area contributed by atoms with E-state index in [-0.39, 0.29) is 23.4 Å². The number of aromatic nitrogens is 2. The zero-order valence-corrected chi connectivity index (χ0v) is 21.5. The van der Waals surface area contributed by atoms with Gasteiger partial charge in [-0.2, -0.15) is 9.78 Å². The normalized spacial score (nSPS) is 12.4. The highest BCUT2D eigenvalue weighted by Crippen LogP contribution is 2.30. The van der Waals surface area contributed by atoms with Gasteiger partial charge in [0, 0.05) is 21.5 Å². The minimum Gasteiger partial charge on any atom is -0.484 e. The molecule has 0 aliphatic carbocycles. The lowest BCUT2D eigenvalue weighted by molar-refractivity contribution is -0.386. The van der Waals surface area contributed by atoms with E-state index < -0.39 is 10.5 Å². The molecule has 10 heteroatoms. The molecule has 0 unspecified atom stereocenters. The molecule has 9 nitrogen and oxygen atoms in total. The van der Waals surface area contributed by atoms with Gasteiger partial charge in [0.25, 0.3) is 5.56 Å². The third-order valence-electron chi connectivity index (χ3n) is 5.86. The Bertz CT molecular complexity index is 1740. The van der Waals surface area contributed by atoms with E-state index in [1.165, 1.54) is 18.3 Å². The fourth-order valence-corrected chi connectivity index (χ4v) is 4.18. The van der Waals surface area contributed by atoms with Crippen molar-refractivity contribution in [2.75, 3.05) is 0 Å². The van der Waals surface area contributed by atoms with Gasteiger partial charge in [-0.25, -0.2) is 4.98 Å². The maximum atomic E-state index is 13.4. The first-order valence-electron chi connectivity index (χ1n) is 11.5. The van der Waals surface area contributed by atoms with Crippen molar-refractivity contribution < 1.29 is 14.1 Å². The van der Waals surface area contributed by atoms with Crippen LogP contribution in [0.5, 0.6) is 5.75 Å². The molecule has 1 atom stereocenters. The quantitative estimate of drug-likeness (QED) is 0.127. The SMILES string of the molecule is CC[C@@H](C)Oc1ccc(C=Nn2c(-c3cc4cc(Br)ccc4o3)nc3ccccc3c2=O)cc1[N+](=O)[O-]. The number of nitro groups is 1. The molecule has 0 bridgehead atoms. The number of furan rings is 1. The monoisotopic (exact) mass is 560 g/mol. The predicted octanol–water partition coefficient (Wildman–Crippen LogP) is 6.54. The zero-order chi connectivity index (χ0) is 26.1. The zero-order valence-electron chi connectivity index (χ0n) is 19.9. The molecule has 3 aromatic carbocycles. The first-order valence-corrected chi connectivity index (χ1v) is 12.3. The minimum atomic E-state index is -0.503. The van der Waals surface area contributed by atoms with Crippen molar-refractivity contribution in [2.45, 2.75) is 26.4 Å². The van der Waals surface area contributed by atoms with Crippen LogP contribution in [0.1, 0.15) is 25.8 Å². The van der Waals surface area contributed by atoms with Gasteiger partial charge in [-0.15, -0.1) is 0 Å². The van der Waals surface area contributed by atoms with Crippen molar-refractivity contribution in [1.29, 1.82) is 0 Å². The Morgan fingerprint density at radius 1 is 1.19 bits per heavy atom. The van der Waals surface area contributed by atoms with E-state index in [1.807, 2.05) is 32.0 Å². The van der Waals surface area contributed by atoms with E-state index in [1.54, 1.807) is 36.4 Å². The summed E-state index contributed by atoms with van der Waals surface area (Å²) in [5.41, 5.74) is 0.963. The number of benzene rings is 3. The third-order valence-corrected chi connectivity index (χ3v) is 6.35. The van der Waals surface area contributed by atoms with Crippen molar-refractivity contribution in [3.8, 4) is 17.3 Å². The number of rotatable bonds is 7. The summed E-state index contributed by atoms with van der Waals surface area (Å²) in [6.45, 7) is 3.78.